The van der Waals surface area contributed by atoms with Crippen molar-refractivity contribution in [3.63, 3.8) is 0 Å². The highest BCUT2D eigenvalue weighted by Crippen LogP contribution is 2.34. The van der Waals surface area contributed by atoms with E-state index in [4.69, 9.17) is 28.9 Å². The number of aromatic hydroxyl groups is 1. The lowest BCUT2D eigenvalue weighted by Crippen LogP contribution is -2.08. The standard InChI is InChI=1S/C9H12Cl2N2O/c10-7-4-6(13-3-1-2-12)5-8(11)9(7)14/h4-5,13-14H,1-3,12H2. The molecule has 1 rings (SSSR count). The number of nitrogens with two attached hydrogens (primary N) is 1. The van der Waals surface area contributed by atoms with Gasteiger partial charge in [0, 0.05) is 12.2 Å². The molecule has 0 aliphatic rings. The Morgan fingerprint density at radius 2 is 1.86 bits per heavy atom. The van der Waals surface area contributed by atoms with Crippen LogP contribution >= 0.6 is 23.2 Å². The molecular formula is C9H12Cl2N2O. The summed E-state index contributed by atoms with van der Waals surface area (Å²) in [6.07, 6.45) is 0.871. The van der Waals surface area contributed by atoms with Gasteiger partial charge in [-0.25, -0.2) is 0 Å². The Morgan fingerprint density at radius 3 is 2.36 bits per heavy atom. The van der Waals surface area contributed by atoms with Gasteiger partial charge in [-0.05, 0) is 25.1 Å². The first kappa shape index (κ1) is 11.4. The Morgan fingerprint density at radius 1 is 1.29 bits per heavy atom. The highest BCUT2D eigenvalue weighted by atomic mass is 35.5. The molecule has 0 spiro atoms. The summed E-state index contributed by atoms with van der Waals surface area (Å²) < 4.78 is 0. The second kappa shape index (κ2) is 5.29. The predicted octanol–water partition coefficient (Wildman–Crippen LogP) is 2.46. The second-order valence-corrected chi connectivity index (χ2v) is 3.67. The van der Waals surface area contributed by atoms with Crippen molar-refractivity contribution in [2.75, 3.05) is 18.4 Å². The zero-order valence-corrected chi connectivity index (χ0v) is 9.07. The molecule has 5 heteroatoms. The fraction of sp³-hybridized carbons (Fsp3) is 0.333. The maximum Gasteiger partial charge on any atom is 0.152 e. The fourth-order valence-electron chi connectivity index (χ4n) is 1.00. The van der Waals surface area contributed by atoms with Crippen LogP contribution in [0.3, 0.4) is 0 Å². The normalized spacial score (nSPS) is 10.2. The quantitative estimate of drug-likeness (QED) is 0.555. The van der Waals surface area contributed by atoms with Crippen molar-refractivity contribution in [3.8, 4) is 5.75 Å². The van der Waals surface area contributed by atoms with Crippen LogP contribution in [0.2, 0.25) is 10.0 Å². The summed E-state index contributed by atoms with van der Waals surface area (Å²) in [5.74, 6) is -0.0855. The number of benzene rings is 1. The number of halogens is 2. The largest absolute Gasteiger partial charge is 0.505 e. The van der Waals surface area contributed by atoms with Crippen LogP contribution in [0.4, 0.5) is 5.69 Å². The number of rotatable bonds is 4. The van der Waals surface area contributed by atoms with Crippen LogP contribution in [0.15, 0.2) is 12.1 Å². The van der Waals surface area contributed by atoms with Crippen molar-refractivity contribution >= 4 is 28.9 Å². The van der Waals surface area contributed by atoms with Crippen LogP contribution < -0.4 is 11.1 Å². The molecule has 0 amide bonds. The maximum absolute atomic E-state index is 9.29. The Labute approximate surface area is 92.8 Å². The molecule has 1 aromatic carbocycles. The average molecular weight is 235 g/mol. The van der Waals surface area contributed by atoms with E-state index < -0.39 is 0 Å². The van der Waals surface area contributed by atoms with Crippen LogP contribution in [0.1, 0.15) is 6.42 Å². The smallest absolute Gasteiger partial charge is 0.152 e. The van der Waals surface area contributed by atoms with Crippen molar-refractivity contribution in [3.05, 3.63) is 22.2 Å². The van der Waals surface area contributed by atoms with E-state index >= 15 is 0 Å². The topological polar surface area (TPSA) is 58.3 Å². The number of hydrogen-bond acceptors (Lipinski definition) is 3. The predicted molar refractivity (Wildman–Crippen MR) is 60.3 cm³/mol. The molecular weight excluding hydrogens is 223 g/mol. The van der Waals surface area contributed by atoms with Crippen LogP contribution in [-0.4, -0.2) is 18.2 Å². The number of hydrogen-bond donors (Lipinski definition) is 3. The molecule has 14 heavy (non-hydrogen) atoms. The Hall–Kier alpha value is -0.640. The van der Waals surface area contributed by atoms with Crippen molar-refractivity contribution in [1.29, 1.82) is 0 Å². The highest BCUT2D eigenvalue weighted by Gasteiger charge is 2.05. The number of nitrogens with one attached hydrogen (secondary N) is 1. The van der Waals surface area contributed by atoms with Gasteiger partial charge in [0.2, 0.25) is 0 Å². The monoisotopic (exact) mass is 234 g/mol. The molecule has 0 atom stereocenters. The summed E-state index contributed by atoms with van der Waals surface area (Å²) in [5, 5.41) is 12.9. The molecule has 3 nitrogen and oxygen atoms in total. The number of anilines is 1. The van der Waals surface area contributed by atoms with E-state index in [2.05, 4.69) is 5.32 Å². The molecule has 0 saturated heterocycles. The van der Waals surface area contributed by atoms with E-state index in [1.807, 2.05) is 0 Å². The van der Waals surface area contributed by atoms with Crippen molar-refractivity contribution in [2.24, 2.45) is 5.73 Å². The first-order chi connectivity index (χ1) is 6.65. The first-order valence-electron chi connectivity index (χ1n) is 4.27. The molecule has 0 saturated carbocycles. The SMILES string of the molecule is NCCCNc1cc(Cl)c(O)c(Cl)c1. The minimum Gasteiger partial charge on any atom is -0.505 e. The van der Waals surface area contributed by atoms with Gasteiger partial charge in [-0.15, -0.1) is 0 Å². The van der Waals surface area contributed by atoms with Crippen LogP contribution in [0, 0.1) is 0 Å². The Bertz CT molecular complexity index is 295. The van der Waals surface area contributed by atoms with Gasteiger partial charge in [0.05, 0.1) is 10.0 Å². The lowest BCUT2D eigenvalue weighted by Gasteiger charge is -2.07. The van der Waals surface area contributed by atoms with E-state index in [0.717, 1.165) is 18.7 Å². The molecule has 1 aromatic rings. The van der Waals surface area contributed by atoms with E-state index in [1.54, 1.807) is 12.1 Å². The summed E-state index contributed by atoms with van der Waals surface area (Å²) in [6.45, 7) is 1.39. The van der Waals surface area contributed by atoms with E-state index in [1.165, 1.54) is 0 Å². The van der Waals surface area contributed by atoms with Crippen molar-refractivity contribution in [1.82, 2.24) is 0 Å². The third-order valence-electron chi connectivity index (χ3n) is 1.73. The summed E-state index contributed by atoms with van der Waals surface area (Å²) >= 11 is 11.5. The lowest BCUT2D eigenvalue weighted by molar-refractivity contribution is 0.476. The van der Waals surface area contributed by atoms with Gasteiger partial charge in [-0.2, -0.15) is 0 Å². The van der Waals surface area contributed by atoms with Crippen molar-refractivity contribution < 1.29 is 5.11 Å². The van der Waals surface area contributed by atoms with Gasteiger partial charge in [-0.3, -0.25) is 0 Å². The molecule has 0 aromatic heterocycles. The molecule has 0 unspecified atom stereocenters. The second-order valence-electron chi connectivity index (χ2n) is 2.86. The summed E-state index contributed by atoms with van der Waals surface area (Å²) in [7, 11) is 0. The summed E-state index contributed by atoms with van der Waals surface area (Å²) in [4.78, 5) is 0. The third-order valence-corrected chi connectivity index (χ3v) is 2.30. The van der Waals surface area contributed by atoms with Gasteiger partial charge in [-0.1, -0.05) is 23.2 Å². The van der Waals surface area contributed by atoms with Crippen LogP contribution in [-0.2, 0) is 0 Å². The van der Waals surface area contributed by atoms with Gasteiger partial charge in [0.25, 0.3) is 0 Å². The molecule has 0 aliphatic carbocycles. The van der Waals surface area contributed by atoms with E-state index in [9.17, 15) is 5.11 Å². The van der Waals surface area contributed by atoms with E-state index in [-0.39, 0.29) is 15.8 Å². The molecule has 0 fully saturated rings. The summed E-state index contributed by atoms with van der Waals surface area (Å²) in [5.41, 5.74) is 6.13. The van der Waals surface area contributed by atoms with Crippen LogP contribution in [0.5, 0.6) is 5.75 Å². The fourth-order valence-corrected chi connectivity index (χ4v) is 1.49. The minimum absolute atomic E-state index is 0.0855. The molecule has 0 aliphatic heterocycles. The zero-order valence-electron chi connectivity index (χ0n) is 7.56. The third kappa shape index (κ3) is 2.94. The molecule has 78 valence electrons. The minimum atomic E-state index is -0.0855. The number of phenols is 1. The molecule has 0 bridgehead atoms. The maximum atomic E-state index is 9.29. The molecule has 0 heterocycles. The van der Waals surface area contributed by atoms with Gasteiger partial charge < -0.3 is 16.2 Å². The average Bonchev–Trinajstić information content (AvgIpc) is 2.14. The Balaban J connectivity index is 2.69. The number of phenolic OH excluding ortho intramolecular Hbond substituents is 1. The lowest BCUT2D eigenvalue weighted by atomic mass is 10.3. The molecule has 0 radical (unpaired) electrons. The van der Waals surface area contributed by atoms with Gasteiger partial charge in [0.15, 0.2) is 5.75 Å². The van der Waals surface area contributed by atoms with Gasteiger partial charge >= 0.3 is 0 Å². The van der Waals surface area contributed by atoms with Crippen molar-refractivity contribution in [2.45, 2.75) is 6.42 Å². The summed E-state index contributed by atoms with van der Waals surface area (Å²) in [6, 6.07) is 3.25. The molecule has 4 N–H and O–H groups in total. The highest BCUT2D eigenvalue weighted by molar-refractivity contribution is 6.37. The van der Waals surface area contributed by atoms with E-state index in [0.29, 0.717) is 6.54 Å². The Kier molecular flexibility index (Phi) is 4.32. The van der Waals surface area contributed by atoms with Crippen LogP contribution in [0.25, 0.3) is 0 Å². The first-order valence-corrected chi connectivity index (χ1v) is 5.02. The zero-order chi connectivity index (χ0) is 10.6. The van der Waals surface area contributed by atoms with Gasteiger partial charge in [0.1, 0.15) is 0 Å².